The molecule has 2 aromatic carbocycles. The van der Waals surface area contributed by atoms with Gasteiger partial charge in [0.05, 0.1) is 5.69 Å². The number of nitrogens with one attached hydrogen (secondary N) is 1. The van der Waals surface area contributed by atoms with E-state index in [9.17, 15) is 14.7 Å². The number of anilines is 1. The number of fused-ring (bicyclic) bond motifs is 1. The van der Waals surface area contributed by atoms with Gasteiger partial charge in [-0.05, 0) is 23.3 Å². The molecular formula is C20H14ClNO3S. The van der Waals surface area contributed by atoms with E-state index in [1.807, 2.05) is 42.5 Å². The predicted molar refractivity (Wildman–Crippen MR) is 103 cm³/mol. The van der Waals surface area contributed by atoms with Crippen molar-refractivity contribution in [3.63, 3.8) is 0 Å². The topological polar surface area (TPSA) is 66.4 Å². The molecule has 2 heterocycles. The molecule has 0 radical (unpaired) electrons. The van der Waals surface area contributed by atoms with Crippen LogP contribution in [0.2, 0.25) is 5.02 Å². The van der Waals surface area contributed by atoms with Crippen LogP contribution in [0.15, 0.2) is 54.6 Å². The molecule has 2 N–H and O–H groups in total. The first-order chi connectivity index (χ1) is 12.5. The van der Waals surface area contributed by atoms with Crippen molar-refractivity contribution in [2.45, 2.75) is 12.3 Å². The molecule has 1 aromatic heterocycles. The molecule has 1 aliphatic rings. The minimum Gasteiger partial charge on any atom is -0.477 e. The van der Waals surface area contributed by atoms with Crippen LogP contribution in [-0.2, 0) is 4.79 Å². The highest BCUT2D eigenvalue weighted by atomic mass is 35.5. The molecule has 1 atom stereocenters. The van der Waals surface area contributed by atoms with Crippen molar-refractivity contribution in [3.8, 4) is 11.1 Å². The Morgan fingerprint density at radius 2 is 1.81 bits per heavy atom. The fourth-order valence-electron chi connectivity index (χ4n) is 3.28. The molecule has 1 amide bonds. The van der Waals surface area contributed by atoms with E-state index in [4.69, 9.17) is 11.6 Å². The lowest BCUT2D eigenvalue weighted by Crippen LogP contribution is -2.22. The maximum Gasteiger partial charge on any atom is 0.346 e. The van der Waals surface area contributed by atoms with E-state index in [2.05, 4.69) is 5.32 Å². The lowest BCUT2D eigenvalue weighted by Gasteiger charge is -2.24. The minimum atomic E-state index is -0.993. The van der Waals surface area contributed by atoms with Gasteiger partial charge in [-0.3, -0.25) is 4.79 Å². The number of hydrogen-bond donors (Lipinski definition) is 2. The van der Waals surface area contributed by atoms with Gasteiger partial charge < -0.3 is 10.4 Å². The number of thiophene rings is 1. The zero-order valence-electron chi connectivity index (χ0n) is 13.5. The van der Waals surface area contributed by atoms with Gasteiger partial charge in [0.1, 0.15) is 4.88 Å². The number of hydrogen-bond acceptors (Lipinski definition) is 3. The average Bonchev–Trinajstić information content (AvgIpc) is 3.02. The maximum atomic E-state index is 12.4. The van der Waals surface area contributed by atoms with E-state index in [1.54, 1.807) is 12.1 Å². The number of carboxylic acids is 1. The molecule has 0 bridgehead atoms. The molecule has 0 spiro atoms. The van der Waals surface area contributed by atoms with E-state index in [0.717, 1.165) is 16.0 Å². The summed E-state index contributed by atoms with van der Waals surface area (Å²) in [7, 11) is 0. The molecule has 0 unspecified atom stereocenters. The summed E-state index contributed by atoms with van der Waals surface area (Å²) in [5.74, 6) is -1.30. The first kappa shape index (κ1) is 16.8. The Morgan fingerprint density at radius 3 is 2.46 bits per heavy atom. The van der Waals surface area contributed by atoms with Crippen LogP contribution in [-0.4, -0.2) is 17.0 Å². The fraction of sp³-hybridized carbons (Fsp3) is 0.100. The summed E-state index contributed by atoms with van der Waals surface area (Å²) in [5, 5.41) is 13.2. The number of amides is 1. The molecule has 0 saturated carbocycles. The van der Waals surface area contributed by atoms with Crippen LogP contribution in [0.3, 0.4) is 0 Å². The highest BCUT2D eigenvalue weighted by Crippen LogP contribution is 2.49. The third-order valence-electron chi connectivity index (χ3n) is 4.43. The van der Waals surface area contributed by atoms with E-state index < -0.39 is 5.97 Å². The van der Waals surface area contributed by atoms with Gasteiger partial charge in [-0.2, -0.15) is 0 Å². The molecule has 130 valence electrons. The van der Waals surface area contributed by atoms with Crippen LogP contribution in [0.5, 0.6) is 0 Å². The Morgan fingerprint density at radius 1 is 1.12 bits per heavy atom. The zero-order valence-corrected chi connectivity index (χ0v) is 15.1. The Labute approximate surface area is 159 Å². The molecule has 0 saturated heterocycles. The quantitative estimate of drug-likeness (QED) is 0.649. The van der Waals surface area contributed by atoms with Crippen molar-refractivity contribution in [1.82, 2.24) is 0 Å². The molecule has 1 aliphatic heterocycles. The second kappa shape index (κ2) is 6.59. The van der Waals surface area contributed by atoms with Gasteiger partial charge in [-0.1, -0.05) is 54.1 Å². The average molecular weight is 384 g/mol. The van der Waals surface area contributed by atoms with Gasteiger partial charge in [0.25, 0.3) is 0 Å². The first-order valence-electron chi connectivity index (χ1n) is 8.05. The fourth-order valence-corrected chi connectivity index (χ4v) is 4.65. The van der Waals surface area contributed by atoms with Gasteiger partial charge in [0.2, 0.25) is 5.91 Å². The van der Waals surface area contributed by atoms with Gasteiger partial charge in [-0.25, -0.2) is 4.79 Å². The molecule has 6 heteroatoms. The highest BCUT2D eigenvalue weighted by Gasteiger charge is 2.34. The van der Waals surface area contributed by atoms with Crippen molar-refractivity contribution in [2.24, 2.45) is 0 Å². The molecule has 4 nitrogen and oxygen atoms in total. The number of carboxylic acid groups (broad SMARTS) is 1. The van der Waals surface area contributed by atoms with Crippen LogP contribution in [0.1, 0.15) is 32.5 Å². The summed E-state index contributed by atoms with van der Waals surface area (Å²) in [5.41, 5.74) is 2.91. The van der Waals surface area contributed by atoms with Crippen molar-refractivity contribution >= 4 is 40.5 Å². The number of aromatic carboxylic acids is 1. The monoisotopic (exact) mass is 383 g/mol. The Kier molecular flexibility index (Phi) is 4.26. The maximum absolute atomic E-state index is 12.4. The third-order valence-corrected chi connectivity index (χ3v) is 5.98. The summed E-state index contributed by atoms with van der Waals surface area (Å²) in [6, 6.07) is 16.6. The predicted octanol–water partition coefficient (Wildman–Crippen LogP) is 5.24. The Hall–Kier alpha value is -2.63. The van der Waals surface area contributed by atoms with E-state index in [0.29, 0.717) is 16.3 Å². The van der Waals surface area contributed by atoms with Crippen molar-refractivity contribution in [1.29, 1.82) is 0 Å². The van der Waals surface area contributed by atoms with Crippen LogP contribution in [0.25, 0.3) is 11.1 Å². The van der Waals surface area contributed by atoms with Crippen molar-refractivity contribution in [2.75, 3.05) is 5.32 Å². The van der Waals surface area contributed by atoms with Crippen molar-refractivity contribution < 1.29 is 14.7 Å². The summed E-state index contributed by atoms with van der Waals surface area (Å²) >= 11 is 7.20. The minimum absolute atomic E-state index is 0.121. The molecule has 4 rings (SSSR count). The number of carbonyl (C=O) groups excluding carboxylic acids is 1. The molecular weight excluding hydrogens is 370 g/mol. The SMILES string of the molecule is O=C1C[C@H](c2ccc(Cl)cc2)c2sc(C(=O)O)c(-c3ccccc3)c2N1. The summed E-state index contributed by atoms with van der Waals surface area (Å²) in [4.78, 5) is 25.3. The van der Waals surface area contributed by atoms with E-state index >= 15 is 0 Å². The van der Waals surface area contributed by atoms with Gasteiger partial charge >= 0.3 is 5.97 Å². The van der Waals surface area contributed by atoms with Gasteiger partial charge in [-0.15, -0.1) is 11.3 Å². The number of halogens is 1. The lowest BCUT2D eigenvalue weighted by atomic mass is 9.89. The summed E-state index contributed by atoms with van der Waals surface area (Å²) in [6.07, 6.45) is 0.280. The summed E-state index contributed by atoms with van der Waals surface area (Å²) < 4.78 is 0. The number of carbonyl (C=O) groups is 2. The first-order valence-corrected chi connectivity index (χ1v) is 9.24. The normalized spacial score (nSPS) is 16.0. The van der Waals surface area contributed by atoms with Crippen LogP contribution >= 0.6 is 22.9 Å². The van der Waals surface area contributed by atoms with E-state index in [1.165, 1.54) is 11.3 Å². The van der Waals surface area contributed by atoms with E-state index in [-0.39, 0.29) is 23.1 Å². The highest BCUT2D eigenvalue weighted by molar-refractivity contribution is 7.15. The van der Waals surface area contributed by atoms with Crippen molar-refractivity contribution in [3.05, 3.63) is 74.9 Å². The van der Waals surface area contributed by atoms with Gasteiger partial charge in [0.15, 0.2) is 0 Å². The summed E-state index contributed by atoms with van der Waals surface area (Å²) in [6.45, 7) is 0. The standard InChI is InChI=1S/C20H14ClNO3S/c21-13-8-6-11(7-9-13)14-10-15(23)22-17-16(12-4-2-1-3-5-12)19(20(24)25)26-18(14)17/h1-9,14H,10H2,(H,22,23)(H,24,25)/t14-/m1/s1. The van der Waals surface area contributed by atoms with Crippen LogP contribution in [0, 0.1) is 0 Å². The zero-order chi connectivity index (χ0) is 18.3. The number of benzene rings is 2. The second-order valence-corrected chi connectivity index (χ2v) is 7.56. The lowest BCUT2D eigenvalue weighted by molar-refractivity contribution is -0.116. The van der Waals surface area contributed by atoms with Crippen LogP contribution < -0.4 is 5.32 Å². The smallest absolute Gasteiger partial charge is 0.346 e. The third kappa shape index (κ3) is 2.89. The Bertz CT molecular complexity index is 996. The number of rotatable bonds is 3. The largest absolute Gasteiger partial charge is 0.477 e. The Balaban J connectivity index is 1.93. The molecule has 0 fully saturated rings. The molecule has 0 aliphatic carbocycles. The van der Waals surface area contributed by atoms with Crippen LogP contribution in [0.4, 0.5) is 5.69 Å². The second-order valence-electron chi connectivity index (χ2n) is 6.07. The molecule has 3 aromatic rings. The van der Waals surface area contributed by atoms with Gasteiger partial charge in [0, 0.05) is 27.8 Å². The molecule has 26 heavy (non-hydrogen) atoms.